The zero-order valence-electron chi connectivity index (χ0n) is 42.8. The molecule has 2 aliphatic carbocycles. The SMILES string of the molecule is c1ccc(-c2ccc(CCC(c3ccc(-c4ccccc4)cc3)c3cccc4c3-c3ccccc3C43c4ccccc4-c4c(N(c5ccc(-c6ccccc6)cc5)c5ccc(-c6ccccc6)cc5)cccc43)cc2)cc1. The van der Waals surface area contributed by atoms with E-state index in [9.17, 15) is 0 Å². The van der Waals surface area contributed by atoms with Crippen LogP contribution < -0.4 is 4.90 Å². The average Bonchev–Trinajstić information content (AvgIpc) is 4.10. The van der Waals surface area contributed by atoms with E-state index in [1.807, 2.05) is 0 Å². The summed E-state index contributed by atoms with van der Waals surface area (Å²) in [7, 11) is 0. The molecule has 14 rings (SSSR count). The summed E-state index contributed by atoms with van der Waals surface area (Å²) >= 11 is 0. The van der Waals surface area contributed by atoms with Crippen LogP contribution in [-0.4, -0.2) is 0 Å². The molecule has 12 aromatic rings. The monoisotopic (exact) mass is 981 g/mol. The van der Waals surface area contributed by atoms with Crippen molar-refractivity contribution in [2.24, 2.45) is 0 Å². The number of hydrogen-bond donors (Lipinski definition) is 0. The molecule has 364 valence electrons. The molecule has 0 aromatic heterocycles. The normalized spacial score (nSPS) is 14.1. The van der Waals surface area contributed by atoms with Crippen LogP contribution in [0.25, 0.3) is 66.8 Å². The Hall–Kier alpha value is -9.56. The summed E-state index contributed by atoms with van der Waals surface area (Å²) in [5.74, 6) is 0.127. The van der Waals surface area contributed by atoms with E-state index >= 15 is 0 Å². The van der Waals surface area contributed by atoms with Gasteiger partial charge in [0.25, 0.3) is 0 Å². The molecular weight excluding hydrogens is 927 g/mol. The van der Waals surface area contributed by atoms with Gasteiger partial charge < -0.3 is 4.90 Å². The Kier molecular flexibility index (Phi) is 11.7. The molecule has 2 aliphatic rings. The van der Waals surface area contributed by atoms with Crippen LogP contribution in [0.2, 0.25) is 0 Å². The van der Waals surface area contributed by atoms with Gasteiger partial charge in [0, 0.05) is 22.9 Å². The van der Waals surface area contributed by atoms with Crippen LogP contribution >= 0.6 is 0 Å². The molecule has 2 unspecified atom stereocenters. The molecule has 0 radical (unpaired) electrons. The fraction of sp³-hybridized carbons (Fsp3) is 0.0526. The molecule has 1 heteroatoms. The van der Waals surface area contributed by atoms with Crippen molar-refractivity contribution < 1.29 is 0 Å². The highest BCUT2D eigenvalue weighted by molar-refractivity contribution is 6.02. The molecule has 1 nitrogen and oxygen atoms in total. The molecule has 2 atom stereocenters. The first-order chi connectivity index (χ1) is 38.2. The second-order valence-electron chi connectivity index (χ2n) is 20.6. The lowest BCUT2D eigenvalue weighted by atomic mass is 9.70. The van der Waals surface area contributed by atoms with Gasteiger partial charge in [-0.2, -0.15) is 0 Å². The average molecular weight is 982 g/mol. The van der Waals surface area contributed by atoms with E-state index in [0.29, 0.717) is 0 Å². The van der Waals surface area contributed by atoms with Gasteiger partial charge >= 0.3 is 0 Å². The summed E-state index contributed by atoms with van der Waals surface area (Å²) in [5, 5.41) is 0. The van der Waals surface area contributed by atoms with E-state index < -0.39 is 5.41 Å². The van der Waals surface area contributed by atoms with Crippen molar-refractivity contribution in [2.45, 2.75) is 24.2 Å². The van der Waals surface area contributed by atoms with Crippen LogP contribution in [-0.2, 0) is 11.8 Å². The summed E-state index contributed by atoms with van der Waals surface area (Å²) < 4.78 is 0. The maximum atomic E-state index is 2.48. The number of aryl methyl sites for hydroxylation is 1. The van der Waals surface area contributed by atoms with E-state index in [1.165, 1.54) is 106 Å². The van der Waals surface area contributed by atoms with Crippen molar-refractivity contribution in [3.05, 3.63) is 342 Å². The molecular formula is C76H55N. The first-order valence-corrected chi connectivity index (χ1v) is 27.1. The van der Waals surface area contributed by atoms with Crippen LogP contribution in [0.1, 0.15) is 51.3 Å². The molecule has 0 aliphatic heterocycles. The third-order valence-electron chi connectivity index (χ3n) is 16.4. The predicted octanol–water partition coefficient (Wildman–Crippen LogP) is 19.9. The van der Waals surface area contributed by atoms with Crippen LogP contribution in [0, 0.1) is 0 Å². The summed E-state index contributed by atoms with van der Waals surface area (Å²) in [6.07, 6.45) is 1.90. The van der Waals surface area contributed by atoms with Crippen molar-refractivity contribution in [3.8, 4) is 66.8 Å². The maximum Gasteiger partial charge on any atom is 0.0726 e. The van der Waals surface area contributed by atoms with Gasteiger partial charge in [-0.1, -0.05) is 273 Å². The lowest BCUT2D eigenvalue weighted by Crippen LogP contribution is -2.26. The number of nitrogens with zero attached hydrogens (tertiary/aromatic N) is 1. The Bertz CT molecular complexity index is 3950. The number of fused-ring (bicyclic) bond motifs is 10. The van der Waals surface area contributed by atoms with Crippen molar-refractivity contribution in [2.75, 3.05) is 4.90 Å². The molecule has 1 spiro atoms. The van der Waals surface area contributed by atoms with Gasteiger partial charge in [-0.15, -0.1) is 0 Å². The van der Waals surface area contributed by atoms with Gasteiger partial charge in [-0.3, -0.25) is 0 Å². The minimum absolute atomic E-state index is 0.127. The summed E-state index contributed by atoms with van der Waals surface area (Å²) in [5.41, 5.74) is 27.2. The minimum Gasteiger partial charge on any atom is -0.310 e. The largest absolute Gasteiger partial charge is 0.310 e. The van der Waals surface area contributed by atoms with Crippen molar-refractivity contribution >= 4 is 17.1 Å². The second-order valence-corrected chi connectivity index (χ2v) is 20.6. The molecule has 0 fully saturated rings. The molecule has 0 heterocycles. The van der Waals surface area contributed by atoms with Gasteiger partial charge in [0.15, 0.2) is 0 Å². The van der Waals surface area contributed by atoms with E-state index in [0.717, 1.165) is 29.9 Å². The Morgan fingerprint density at radius 3 is 1.13 bits per heavy atom. The van der Waals surface area contributed by atoms with Crippen LogP contribution in [0.5, 0.6) is 0 Å². The third kappa shape index (κ3) is 8.02. The van der Waals surface area contributed by atoms with Crippen LogP contribution in [0.3, 0.4) is 0 Å². The van der Waals surface area contributed by atoms with Gasteiger partial charge in [0.1, 0.15) is 0 Å². The predicted molar refractivity (Wildman–Crippen MR) is 322 cm³/mol. The lowest BCUT2D eigenvalue weighted by molar-refractivity contribution is 0.714. The van der Waals surface area contributed by atoms with E-state index in [-0.39, 0.29) is 5.92 Å². The summed E-state index contributed by atoms with van der Waals surface area (Å²) in [6.45, 7) is 0. The highest BCUT2D eigenvalue weighted by Gasteiger charge is 2.53. The molecule has 77 heavy (non-hydrogen) atoms. The maximum absolute atomic E-state index is 2.48. The highest BCUT2D eigenvalue weighted by atomic mass is 15.1. The van der Waals surface area contributed by atoms with E-state index in [4.69, 9.17) is 0 Å². The molecule has 0 saturated carbocycles. The number of rotatable bonds is 12. The first kappa shape index (κ1) is 46.0. The fourth-order valence-electron chi connectivity index (χ4n) is 12.9. The van der Waals surface area contributed by atoms with Gasteiger partial charge in [0.2, 0.25) is 0 Å². The smallest absolute Gasteiger partial charge is 0.0726 e. The Morgan fingerprint density at radius 1 is 0.286 bits per heavy atom. The lowest BCUT2D eigenvalue weighted by Gasteiger charge is -2.32. The zero-order valence-corrected chi connectivity index (χ0v) is 42.8. The number of anilines is 3. The topological polar surface area (TPSA) is 3.24 Å². The van der Waals surface area contributed by atoms with Gasteiger partial charge in [-0.25, -0.2) is 0 Å². The van der Waals surface area contributed by atoms with Gasteiger partial charge in [-0.05, 0) is 143 Å². The fourth-order valence-corrected chi connectivity index (χ4v) is 12.9. The number of benzene rings is 12. The summed E-state index contributed by atoms with van der Waals surface area (Å²) in [4.78, 5) is 2.48. The zero-order chi connectivity index (χ0) is 51.1. The second kappa shape index (κ2) is 19.6. The highest BCUT2D eigenvalue weighted by Crippen LogP contribution is 2.65. The molecule has 0 saturated heterocycles. The van der Waals surface area contributed by atoms with Gasteiger partial charge in [0.05, 0.1) is 11.1 Å². The standard InChI is InChI=1S/C76H55N/c1-5-19-54(20-6-1)58-38-35-53(36-39-58)37-52-65(62-42-40-59(41-43-62)55-21-7-2-8-22-55)66-29-17-32-71-74(66)67-27-13-15-30-69(67)76(71)70-31-16-14-28-68(70)75-72(76)33-18-34-73(75)77(63-48-44-60(45-49-63)56-23-9-3-10-24-56)64-50-46-61(47-51-64)57-25-11-4-12-26-57/h1-36,38-51,65H,37,52H2. The Labute approximate surface area is 452 Å². The van der Waals surface area contributed by atoms with Crippen molar-refractivity contribution in [1.82, 2.24) is 0 Å². The quantitative estimate of drug-likeness (QED) is 0.118. The van der Waals surface area contributed by atoms with Crippen molar-refractivity contribution in [1.29, 1.82) is 0 Å². The van der Waals surface area contributed by atoms with Crippen LogP contribution in [0.4, 0.5) is 17.1 Å². The number of hydrogen-bond acceptors (Lipinski definition) is 1. The van der Waals surface area contributed by atoms with E-state index in [1.54, 1.807) is 0 Å². The molecule has 12 aromatic carbocycles. The molecule has 0 amide bonds. The Balaban J connectivity index is 0.935. The van der Waals surface area contributed by atoms with Crippen LogP contribution in [0.15, 0.2) is 303 Å². The molecule has 0 bridgehead atoms. The van der Waals surface area contributed by atoms with E-state index in [2.05, 4.69) is 308 Å². The third-order valence-corrected chi connectivity index (χ3v) is 16.4. The molecule has 0 N–H and O–H groups in total. The summed E-state index contributed by atoms with van der Waals surface area (Å²) in [6, 6.07) is 113. The Morgan fingerprint density at radius 2 is 0.649 bits per heavy atom. The first-order valence-electron chi connectivity index (χ1n) is 27.1. The van der Waals surface area contributed by atoms with Crippen molar-refractivity contribution in [3.63, 3.8) is 0 Å². The minimum atomic E-state index is -0.557.